The average Bonchev–Trinajstić information content (AvgIpc) is 2.60. The third-order valence-corrected chi connectivity index (χ3v) is 4.72. The van der Waals surface area contributed by atoms with Gasteiger partial charge in [0.05, 0.1) is 11.3 Å². The van der Waals surface area contributed by atoms with Crippen molar-refractivity contribution in [2.24, 2.45) is 0 Å². The van der Waals surface area contributed by atoms with Gasteiger partial charge >= 0.3 is 5.97 Å². The van der Waals surface area contributed by atoms with Gasteiger partial charge in [-0.2, -0.15) is 0 Å². The van der Waals surface area contributed by atoms with Crippen molar-refractivity contribution in [2.75, 3.05) is 0 Å². The number of fused-ring (bicyclic) bond motifs is 2. The Labute approximate surface area is 149 Å². The molecule has 0 radical (unpaired) electrons. The first-order valence-electron chi connectivity index (χ1n) is 8.27. The van der Waals surface area contributed by atoms with E-state index in [0.29, 0.717) is 24.4 Å². The predicted octanol–water partition coefficient (Wildman–Crippen LogP) is 4.26. The zero-order chi connectivity index (χ0) is 18.4. The summed E-state index contributed by atoms with van der Waals surface area (Å²) in [5.74, 6) is 0.143. The van der Waals surface area contributed by atoms with Gasteiger partial charge < -0.3 is 14.6 Å². The number of hydrogen-bond donors (Lipinski definition) is 2. The van der Waals surface area contributed by atoms with E-state index in [-0.39, 0.29) is 16.8 Å². The lowest BCUT2D eigenvalue weighted by Gasteiger charge is -2.22. The molecule has 0 bridgehead atoms. The molecule has 0 saturated heterocycles. The van der Waals surface area contributed by atoms with E-state index in [4.69, 9.17) is 4.42 Å². The molecule has 0 atom stereocenters. The topological polar surface area (TPSA) is 87.7 Å². The normalized spacial score (nSPS) is 13.3. The van der Waals surface area contributed by atoms with Crippen LogP contribution in [-0.4, -0.2) is 16.2 Å². The largest absolute Gasteiger partial charge is 0.512 e. The van der Waals surface area contributed by atoms with Crippen molar-refractivity contribution in [3.05, 3.63) is 74.8 Å². The number of aliphatic hydroxyl groups excluding tert-OH is 1. The number of aryl methyl sites for hydroxylation is 1. The zero-order valence-corrected chi connectivity index (χ0v) is 14.1. The van der Waals surface area contributed by atoms with Crippen molar-refractivity contribution in [3.8, 4) is 22.5 Å². The highest BCUT2D eigenvalue weighted by Crippen LogP contribution is 2.42. The first-order valence-corrected chi connectivity index (χ1v) is 8.27. The molecule has 3 aliphatic rings. The Balaban J connectivity index is 2.12. The molecule has 0 aromatic heterocycles. The minimum Gasteiger partial charge on any atom is -0.512 e. The predicted molar refractivity (Wildman–Crippen MR) is 97.7 cm³/mol. The SMILES string of the molecule is Cc1ccc(C(=O)O)cc1-c1c2ccc(=O)cc-2oc2c1CCC(O)=C2. The Morgan fingerprint density at radius 2 is 1.88 bits per heavy atom. The molecule has 0 spiro atoms. The van der Waals surface area contributed by atoms with Crippen molar-refractivity contribution in [1.29, 1.82) is 0 Å². The van der Waals surface area contributed by atoms with E-state index in [2.05, 4.69) is 0 Å². The summed E-state index contributed by atoms with van der Waals surface area (Å²) in [6, 6.07) is 9.59. The molecule has 0 fully saturated rings. The molecule has 2 aliphatic carbocycles. The number of aromatic carboxylic acids is 1. The van der Waals surface area contributed by atoms with Crippen LogP contribution in [0.4, 0.5) is 0 Å². The monoisotopic (exact) mass is 348 g/mol. The van der Waals surface area contributed by atoms with Gasteiger partial charge in [0.1, 0.15) is 11.5 Å². The van der Waals surface area contributed by atoms with Crippen LogP contribution in [0.3, 0.4) is 0 Å². The van der Waals surface area contributed by atoms with Crippen LogP contribution < -0.4 is 5.43 Å². The molecule has 5 heteroatoms. The smallest absolute Gasteiger partial charge is 0.335 e. The lowest BCUT2D eigenvalue weighted by molar-refractivity contribution is 0.0697. The summed E-state index contributed by atoms with van der Waals surface area (Å²) in [5, 5.41) is 19.2. The Morgan fingerprint density at radius 1 is 1.08 bits per heavy atom. The maximum absolute atomic E-state index is 11.8. The van der Waals surface area contributed by atoms with Gasteiger partial charge in [-0.15, -0.1) is 0 Å². The minimum absolute atomic E-state index is 0.174. The Morgan fingerprint density at radius 3 is 2.65 bits per heavy atom. The van der Waals surface area contributed by atoms with Crippen molar-refractivity contribution in [2.45, 2.75) is 19.8 Å². The van der Waals surface area contributed by atoms with Gasteiger partial charge in [0.2, 0.25) is 0 Å². The molecule has 130 valence electrons. The standard InChI is InChI=1S/C21H16O5/c1-11-2-3-12(21(24)25)8-17(11)20-15-6-4-13(22)9-18(15)26-19-10-14(23)5-7-16(19)20/h2-4,6,8-10,23H,5,7H2,1H3,(H,24,25). The number of carbonyl (C=O) groups is 1. The van der Waals surface area contributed by atoms with E-state index in [0.717, 1.165) is 27.8 Å². The van der Waals surface area contributed by atoms with E-state index in [1.54, 1.807) is 30.3 Å². The minimum atomic E-state index is -0.996. The number of carboxylic acids is 1. The lowest BCUT2D eigenvalue weighted by atomic mass is 9.85. The van der Waals surface area contributed by atoms with Gasteiger partial charge in [0.25, 0.3) is 0 Å². The second-order valence-corrected chi connectivity index (χ2v) is 6.45. The quantitative estimate of drug-likeness (QED) is 0.722. The fourth-order valence-corrected chi connectivity index (χ4v) is 3.43. The van der Waals surface area contributed by atoms with Crippen molar-refractivity contribution in [3.63, 3.8) is 0 Å². The van der Waals surface area contributed by atoms with Gasteiger partial charge in [0, 0.05) is 29.7 Å². The lowest BCUT2D eigenvalue weighted by Crippen LogP contribution is -2.08. The summed E-state index contributed by atoms with van der Waals surface area (Å²) in [6.45, 7) is 1.92. The van der Waals surface area contributed by atoms with Crippen LogP contribution in [0.5, 0.6) is 0 Å². The second kappa shape index (κ2) is 5.88. The average molecular weight is 348 g/mol. The highest BCUT2D eigenvalue weighted by Gasteiger charge is 2.25. The highest BCUT2D eigenvalue weighted by atomic mass is 16.4. The van der Waals surface area contributed by atoms with Crippen LogP contribution in [0.2, 0.25) is 0 Å². The van der Waals surface area contributed by atoms with Crippen LogP contribution in [0, 0.1) is 6.92 Å². The molecule has 26 heavy (non-hydrogen) atoms. The number of hydrogen-bond acceptors (Lipinski definition) is 4. The first-order chi connectivity index (χ1) is 12.4. The third kappa shape index (κ3) is 2.58. The van der Waals surface area contributed by atoms with Crippen LogP contribution in [0.1, 0.15) is 33.7 Å². The molecule has 2 N–H and O–H groups in total. The van der Waals surface area contributed by atoms with Gasteiger partial charge in [-0.1, -0.05) is 6.07 Å². The van der Waals surface area contributed by atoms with Crippen molar-refractivity contribution >= 4 is 12.0 Å². The van der Waals surface area contributed by atoms with Gasteiger partial charge in [-0.05, 0) is 54.3 Å². The van der Waals surface area contributed by atoms with Gasteiger partial charge in [0.15, 0.2) is 5.43 Å². The number of rotatable bonds is 2. The summed E-state index contributed by atoms with van der Waals surface area (Å²) in [6.07, 6.45) is 2.62. The van der Waals surface area contributed by atoms with E-state index < -0.39 is 5.97 Å². The molecule has 0 amide bonds. The first kappa shape index (κ1) is 16.1. The number of carboxylic acid groups (broad SMARTS) is 1. The zero-order valence-electron chi connectivity index (χ0n) is 14.1. The second-order valence-electron chi connectivity index (χ2n) is 6.45. The fourth-order valence-electron chi connectivity index (χ4n) is 3.43. The van der Waals surface area contributed by atoms with Crippen LogP contribution in [-0.2, 0) is 6.42 Å². The summed E-state index contributed by atoms with van der Waals surface area (Å²) in [7, 11) is 0. The van der Waals surface area contributed by atoms with E-state index in [1.165, 1.54) is 12.1 Å². The highest BCUT2D eigenvalue weighted by molar-refractivity contribution is 5.93. The summed E-state index contributed by atoms with van der Waals surface area (Å²) in [4.78, 5) is 23.2. The van der Waals surface area contributed by atoms with Crippen LogP contribution in [0.15, 0.2) is 51.4 Å². The number of benzene rings is 2. The summed E-state index contributed by atoms with van der Waals surface area (Å²) >= 11 is 0. The Kier molecular flexibility index (Phi) is 3.65. The molecule has 0 unspecified atom stereocenters. The molecular weight excluding hydrogens is 332 g/mol. The number of aliphatic hydroxyl groups is 1. The van der Waals surface area contributed by atoms with Crippen LogP contribution in [0.25, 0.3) is 28.5 Å². The van der Waals surface area contributed by atoms with Gasteiger partial charge in [-0.25, -0.2) is 4.79 Å². The van der Waals surface area contributed by atoms with E-state index >= 15 is 0 Å². The molecule has 0 saturated carbocycles. The molecule has 1 heterocycles. The molecular formula is C21H16O5. The van der Waals surface area contributed by atoms with Crippen molar-refractivity contribution < 1.29 is 19.4 Å². The van der Waals surface area contributed by atoms with Crippen molar-refractivity contribution in [1.82, 2.24) is 0 Å². The molecule has 1 aliphatic heterocycles. The molecule has 1 aromatic carbocycles. The van der Waals surface area contributed by atoms with E-state index in [1.807, 2.05) is 6.92 Å². The van der Waals surface area contributed by atoms with E-state index in [9.17, 15) is 19.8 Å². The molecule has 4 rings (SSSR count). The van der Waals surface area contributed by atoms with Crippen LogP contribution >= 0.6 is 0 Å². The maximum Gasteiger partial charge on any atom is 0.335 e. The molecule has 5 nitrogen and oxygen atoms in total. The Hall–Kier alpha value is -3.34. The summed E-state index contributed by atoms with van der Waals surface area (Å²) < 4.78 is 5.86. The van der Waals surface area contributed by atoms with Gasteiger partial charge in [-0.3, -0.25) is 4.79 Å². The number of allylic oxidation sites excluding steroid dienone is 1. The third-order valence-electron chi connectivity index (χ3n) is 4.72. The maximum atomic E-state index is 11.8. The fraction of sp³-hybridized carbons (Fsp3) is 0.143. The summed E-state index contributed by atoms with van der Waals surface area (Å²) in [5.41, 5.74) is 4.24. The molecule has 1 aromatic rings. The Bertz CT molecular complexity index is 1100.